The summed E-state index contributed by atoms with van der Waals surface area (Å²) in [5.74, 6) is 1.83. The molecule has 4 N–H and O–H groups in total. The van der Waals surface area contributed by atoms with Gasteiger partial charge in [-0.3, -0.25) is 4.79 Å². The fourth-order valence-electron chi connectivity index (χ4n) is 3.32. The molecule has 0 aliphatic carbocycles. The summed E-state index contributed by atoms with van der Waals surface area (Å²) in [6.07, 6.45) is 0.165. The number of ether oxygens (including phenoxy) is 3. The van der Waals surface area contributed by atoms with Crippen LogP contribution in [0.5, 0.6) is 17.2 Å². The Balaban J connectivity index is 1.85. The van der Waals surface area contributed by atoms with Crippen molar-refractivity contribution in [2.45, 2.75) is 25.9 Å². The molecule has 2 aromatic rings. The molecule has 9 nitrogen and oxygen atoms in total. The maximum absolute atomic E-state index is 12.9. The Kier molecular flexibility index (Phi) is 4.93. The van der Waals surface area contributed by atoms with Crippen LogP contribution in [0.25, 0.3) is 0 Å². The van der Waals surface area contributed by atoms with Gasteiger partial charge in [-0.15, -0.1) is 0 Å². The Morgan fingerprint density at radius 3 is 2.33 bits per heavy atom. The zero-order chi connectivity index (χ0) is 19.7. The molecule has 1 atom stereocenters. The van der Waals surface area contributed by atoms with Gasteiger partial charge in [0, 0.05) is 5.56 Å². The molecule has 0 saturated carbocycles. The predicted octanol–water partition coefficient (Wildman–Crippen LogP) is 1.31. The zero-order valence-electron chi connectivity index (χ0n) is 15.8. The normalized spacial score (nSPS) is 15.4. The Labute approximate surface area is 157 Å². The summed E-state index contributed by atoms with van der Waals surface area (Å²) in [6.45, 7) is 2.25. The van der Waals surface area contributed by atoms with Gasteiger partial charge in [-0.05, 0) is 24.6 Å². The standard InChI is InChI=1S/C18H23N5O4/c1-9-15-11(17(19)22-18(20)21-15)8-23(9)14(24)7-10-5-12(25-2)16(27-4)13(6-10)26-3/h5-6,9H,7-8H2,1-4H3,(H4,19,20,21,22). The third kappa shape index (κ3) is 3.27. The van der Waals surface area contributed by atoms with Crippen LogP contribution in [0.1, 0.15) is 29.8 Å². The first-order valence-electron chi connectivity index (χ1n) is 8.39. The molecule has 144 valence electrons. The molecule has 9 heteroatoms. The fraction of sp³-hybridized carbons (Fsp3) is 0.389. The van der Waals surface area contributed by atoms with Gasteiger partial charge in [-0.2, -0.15) is 4.98 Å². The number of methoxy groups -OCH3 is 3. The van der Waals surface area contributed by atoms with E-state index < -0.39 is 0 Å². The summed E-state index contributed by atoms with van der Waals surface area (Å²) in [6, 6.07) is 3.29. The molecule has 0 fully saturated rings. The first kappa shape index (κ1) is 18.6. The number of amides is 1. The first-order chi connectivity index (χ1) is 12.9. The number of carbonyl (C=O) groups is 1. The molecule has 1 aromatic carbocycles. The molecule has 1 aliphatic heterocycles. The number of carbonyl (C=O) groups excluding carboxylic acids is 1. The molecule has 1 aliphatic rings. The van der Waals surface area contributed by atoms with E-state index in [2.05, 4.69) is 9.97 Å². The second kappa shape index (κ2) is 7.18. The Morgan fingerprint density at radius 2 is 1.78 bits per heavy atom. The topological polar surface area (TPSA) is 126 Å². The van der Waals surface area contributed by atoms with Crippen molar-refractivity contribution in [2.75, 3.05) is 32.8 Å². The first-order valence-corrected chi connectivity index (χ1v) is 8.39. The van der Waals surface area contributed by atoms with Crippen LogP contribution in [0, 0.1) is 0 Å². The second-order valence-electron chi connectivity index (χ2n) is 6.24. The molecular weight excluding hydrogens is 350 g/mol. The number of nitrogens with zero attached hydrogens (tertiary/aromatic N) is 3. The highest BCUT2D eigenvalue weighted by Gasteiger charge is 2.34. The molecule has 3 rings (SSSR count). The fourth-order valence-corrected chi connectivity index (χ4v) is 3.32. The molecule has 2 heterocycles. The van der Waals surface area contributed by atoms with Gasteiger partial charge in [-0.1, -0.05) is 0 Å². The minimum absolute atomic E-state index is 0.0762. The van der Waals surface area contributed by atoms with E-state index in [1.54, 1.807) is 17.0 Å². The van der Waals surface area contributed by atoms with Crippen LogP contribution in [0.4, 0.5) is 11.8 Å². The maximum Gasteiger partial charge on any atom is 0.227 e. The van der Waals surface area contributed by atoms with E-state index in [1.807, 2.05) is 6.92 Å². The highest BCUT2D eigenvalue weighted by Crippen LogP contribution is 2.39. The van der Waals surface area contributed by atoms with Gasteiger partial charge in [0.05, 0.1) is 46.0 Å². The lowest BCUT2D eigenvalue weighted by molar-refractivity contribution is -0.132. The van der Waals surface area contributed by atoms with Crippen molar-refractivity contribution >= 4 is 17.7 Å². The van der Waals surface area contributed by atoms with E-state index in [4.69, 9.17) is 25.7 Å². The maximum atomic E-state index is 12.9. The Hall–Kier alpha value is -3.23. The van der Waals surface area contributed by atoms with Gasteiger partial charge in [0.25, 0.3) is 0 Å². The lowest BCUT2D eigenvalue weighted by Crippen LogP contribution is -2.29. The van der Waals surface area contributed by atoms with E-state index >= 15 is 0 Å². The smallest absolute Gasteiger partial charge is 0.227 e. The molecule has 27 heavy (non-hydrogen) atoms. The summed E-state index contributed by atoms with van der Waals surface area (Å²) in [5.41, 5.74) is 13.8. The predicted molar refractivity (Wildman–Crippen MR) is 99.6 cm³/mol. The van der Waals surface area contributed by atoms with E-state index in [9.17, 15) is 4.79 Å². The minimum atomic E-state index is -0.234. The van der Waals surface area contributed by atoms with Crippen LogP contribution in [0.15, 0.2) is 12.1 Å². The van der Waals surface area contributed by atoms with E-state index in [-0.39, 0.29) is 24.3 Å². The summed E-state index contributed by atoms with van der Waals surface area (Å²) in [5, 5.41) is 0. The van der Waals surface area contributed by atoms with Gasteiger partial charge in [-0.25, -0.2) is 4.98 Å². The molecule has 0 spiro atoms. The van der Waals surface area contributed by atoms with E-state index in [0.717, 1.165) is 11.1 Å². The molecular formula is C18H23N5O4. The van der Waals surface area contributed by atoms with Crippen LogP contribution in [0.2, 0.25) is 0 Å². The van der Waals surface area contributed by atoms with Gasteiger partial charge >= 0.3 is 0 Å². The van der Waals surface area contributed by atoms with Crippen molar-refractivity contribution in [3.8, 4) is 17.2 Å². The van der Waals surface area contributed by atoms with Crippen LogP contribution < -0.4 is 25.7 Å². The monoisotopic (exact) mass is 373 g/mol. The van der Waals surface area contributed by atoms with E-state index in [1.165, 1.54) is 21.3 Å². The van der Waals surface area contributed by atoms with Gasteiger partial charge in [0.15, 0.2) is 11.5 Å². The average molecular weight is 373 g/mol. The Bertz CT molecular complexity index is 861. The molecule has 1 amide bonds. The van der Waals surface area contributed by atoms with Crippen molar-refractivity contribution in [3.63, 3.8) is 0 Å². The van der Waals surface area contributed by atoms with Crippen molar-refractivity contribution < 1.29 is 19.0 Å². The number of nitrogen functional groups attached to an aromatic ring is 2. The largest absolute Gasteiger partial charge is 0.493 e. The van der Waals surface area contributed by atoms with Crippen LogP contribution in [-0.4, -0.2) is 42.1 Å². The van der Waals surface area contributed by atoms with Crippen molar-refractivity contribution in [2.24, 2.45) is 0 Å². The number of hydrogen-bond donors (Lipinski definition) is 2. The number of fused-ring (bicyclic) bond motifs is 1. The summed E-state index contributed by atoms with van der Waals surface area (Å²) in [4.78, 5) is 22.9. The molecule has 1 aromatic heterocycles. The number of hydrogen-bond acceptors (Lipinski definition) is 8. The van der Waals surface area contributed by atoms with Crippen molar-refractivity contribution in [3.05, 3.63) is 29.0 Å². The molecule has 0 radical (unpaired) electrons. The van der Waals surface area contributed by atoms with E-state index in [0.29, 0.717) is 35.3 Å². The van der Waals surface area contributed by atoms with Gasteiger partial charge in [0.2, 0.25) is 17.6 Å². The third-order valence-corrected chi connectivity index (χ3v) is 4.68. The summed E-state index contributed by atoms with van der Waals surface area (Å²) in [7, 11) is 4.60. The number of rotatable bonds is 5. The molecule has 1 unspecified atom stereocenters. The van der Waals surface area contributed by atoms with Gasteiger partial charge in [0.1, 0.15) is 5.82 Å². The number of aromatic nitrogens is 2. The van der Waals surface area contributed by atoms with Crippen molar-refractivity contribution in [1.29, 1.82) is 0 Å². The Morgan fingerprint density at radius 1 is 1.15 bits per heavy atom. The quantitative estimate of drug-likeness (QED) is 0.803. The highest BCUT2D eigenvalue weighted by molar-refractivity contribution is 5.81. The zero-order valence-corrected chi connectivity index (χ0v) is 15.8. The average Bonchev–Trinajstić information content (AvgIpc) is 2.98. The third-order valence-electron chi connectivity index (χ3n) is 4.68. The van der Waals surface area contributed by atoms with Crippen LogP contribution in [0.3, 0.4) is 0 Å². The number of anilines is 2. The van der Waals surface area contributed by atoms with Crippen LogP contribution >= 0.6 is 0 Å². The van der Waals surface area contributed by atoms with Crippen LogP contribution in [-0.2, 0) is 17.8 Å². The van der Waals surface area contributed by atoms with Gasteiger partial charge < -0.3 is 30.6 Å². The summed E-state index contributed by atoms with van der Waals surface area (Å²) >= 11 is 0. The lowest BCUT2D eigenvalue weighted by atomic mass is 10.1. The second-order valence-corrected chi connectivity index (χ2v) is 6.24. The molecule has 0 bridgehead atoms. The van der Waals surface area contributed by atoms with Crippen molar-refractivity contribution in [1.82, 2.24) is 14.9 Å². The lowest BCUT2D eigenvalue weighted by Gasteiger charge is -2.22. The number of nitrogens with two attached hydrogens (primary N) is 2. The summed E-state index contributed by atoms with van der Waals surface area (Å²) < 4.78 is 16.0. The SMILES string of the molecule is COc1cc(CC(=O)N2Cc3c(N)nc(N)nc3C2C)cc(OC)c1OC. The highest BCUT2D eigenvalue weighted by atomic mass is 16.5. The minimum Gasteiger partial charge on any atom is -0.493 e. The molecule has 0 saturated heterocycles. The number of benzene rings is 1.